The zero-order chi connectivity index (χ0) is 9.84. The Balaban J connectivity index is 2.64. The van der Waals surface area contributed by atoms with Gasteiger partial charge >= 0.3 is 5.97 Å². The van der Waals surface area contributed by atoms with Crippen molar-refractivity contribution >= 4 is 17.6 Å². The Kier molecular flexibility index (Phi) is 4.00. The van der Waals surface area contributed by atoms with Gasteiger partial charge in [-0.05, 0) is 12.8 Å². The molecule has 3 unspecified atom stereocenters. The van der Waals surface area contributed by atoms with Crippen molar-refractivity contribution in [3.05, 3.63) is 0 Å². The molecule has 1 heterocycles. The maximum absolute atomic E-state index is 11.3. The molecular formula is C9H15ClO3. The van der Waals surface area contributed by atoms with Crippen LogP contribution in [0.25, 0.3) is 0 Å². The molecule has 76 valence electrons. The summed E-state index contributed by atoms with van der Waals surface area (Å²) in [5.74, 6) is -0.222. The van der Waals surface area contributed by atoms with Crippen molar-refractivity contribution in [2.45, 2.75) is 31.2 Å². The van der Waals surface area contributed by atoms with Crippen LogP contribution in [0.1, 0.15) is 19.8 Å². The molecule has 1 aliphatic rings. The van der Waals surface area contributed by atoms with Crippen LogP contribution in [0.15, 0.2) is 0 Å². The number of alkyl halides is 1. The van der Waals surface area contributed by atoms with Gasteiger partial charge < -0.3 is 9.47 Å². The molecular weight excluding hydrogens is 192 g/mol. The van der Waals surface area contributed by atoms with Gasteiger partial charge in [-0.1, -0.05) is 6.92 Å². The molecule has 0 N–H and O–H groups in total. The average Bonchev–Trinajstić information content (AvgIpc) is 2.16. The summed E-state index contributed by atoms with van der Waals surface area (Å²) in [5, 5.41) is 0.0304. The Morgan fingerprint density at radius 2 is 2.38 bits per heavy atom. The first kappa shape index (κ1) is 10.8. The maximum atomic E-state index is 11.3. The molecule has 1 aliphatic heterocycles. The predicted molar refractivity (Wildman–Crippen MR) is 49.8 cm³/mol. The summed E-state index contributed by atoms with van der Waals surface area (Å²) in [5.41, 5.74) is 0. The molecule has 1 fully saturated rings. The number of methoxy groups -OCH3 is 1. The number of carbonyl (C=O) groups excluding carboxylic acids is 1. The smallest absolute Gasteiger partial charge is 0.335 e. The van der Waals surface area contributed by atoms with E-state index >= 15 is 0 Å². The zero-order valence-corrected chi connectivity index (χ0v) is 8.71. The highest BCUT2D eigenvalue weighted by molar-refractivity contribution is 6.21. The molecule has 0 amide bonds. The summed E-state index contributed by atoms with van der Waals surface area (Å²) < 4.78 is 9.99. The van der Waals surface area contributed by atoms with Crippen molar-refractivity contribution in [2.24, 2.45) is 5.92 Å². The van der Waals surface area contributed by atoms with Crippen molar-refractivity contribution in [1.29, 1.82) is 0 Å². The number of hydrogen-bond donors (Lipinski definition) is 0. The summed E-state index contributed by atoms with van der Waals surface area (Å²) in [6.45, 7) is 2.55. The minimum atomic E-state index is -0.466. The van der Waals surface area contributed by atoms with Crippen LogP contribution < -0.4 is 0 Å². The van der Waals surface area contributed by atoms with E-state index in [9.17, 15) is 4.79 Å². The number of esters is 1. The summed E-state index contributed by atoms with van der Waals surface area (Å²) in [6.07, 6.45) is 1.19. The molecule has 0 bridgehead atoms. The first-order valence-corrected chi connectivity index (χ1v) is 4.97. The van der Waals surface area contributed by atoms with Gasteiger partial charge in [0.1, 0.15) is 0 Å². The van der Waals surface area contributed by atoms with Gasteiger partial charge in [0.15, 0.2) is 6.10 Å². The van der Waals surface area contributed by atoms with Crippen molar-refractivity contribution in [3.8, 4) is 0 Å². The average molecular weight is 207 g/mol. The number of hydrogen-bond acceptors (Lipinski definition) is 3. The first-order chi connectivity index (χ1) is 6.20. The molecule has 0 aromatic rings. The number of ether oxygens (including phenoxy) is 2. The van der Waals surface area contributed by atoms with E-state index in [1.54, 1.807) is 0 Å². The molecule has 13 heavy (non-hydrogen) atoms. The summed E-state index contributed by atoms with van der Waals surface area (Å²) in [4.78, 5) is 11.3. The number of halogens is 1. The number of rotatable bonds is 2. The molecule has 4 heteroatoms. The van der Waals surface area contributed by atoms with E-state index in [1.807, 2.05) is 6.92 Å². The molecule has 0 aromatic carbocycles. The van der Waals surface area contributed by atoms with Crippen LogP contribution in [0.3, 0.4) is 0 Å². The Labute approximate surface area is 83.3 Å². The van der Waals surface area contributed by atoms with Crippen LogP contribution in [-0.2, 0) is 14.3 Å². The highest BCUT2D eigenvalue weighted by Crippen LogP contribution is 2.28. The quantitative estimate of drug-likeness (QED) is 0.509. The Morgan fingerprint density at radius 1 is 1.69 bits per heavy atom. The highest BCUT2D eigenvalue weighted by atomic mass is 35.5. The van der Waals surface area contributed by atoms with Crippen molar-refractivity contribution in [1.82, 2.24) is 0 Å². The van der Waals surface area contributed by atoms with Crippen molar-refractivity contribution in [2.75, 3.05) is 13.7 Å². The summed E-state index contributed by atoms with van der Waals surface area (Å²) >= 11 is 6.09. The molecule has 3 atom stereocenters. The zero-order valence-electron chi connectivity index (χ0n) is 7.96. The van der Waals surface area contributed by atoms with Crippen LogP contribution in [0, 0.1) is 5.92 Å². The lowest BCUT2D eigenvalue weighted by Gasteiger charge is -2.32. The second-order valence-corrected chi connectivity index (χ2v) is 3.75. The fourth-order valence-corrected chi connectivity index (χ4v) is 2.06. The van der Waals surface area contributed by atoms with Crippen molar-refractivity contribution in [3.63, 3.8) is 0 Å². The lowest BCUT2D eigenvalue weighted by atomic mass is 9.91. The predicted octanol–water partition coefficient (Wildman–Crippen LogP) is 1.58. The molecule has 0 spiro atoms. The van der Waals surface area contributed by atoms with Gasteiger partial charge in [-0.25, -0.2) is 4.79 Å². The van der Waals surface area contributed by atoms with E-state index in [0.717, 1.165) is 12.8 Å². The maximum Gasteiger partial charge on any atom is 0.335 e. The summed E-state index contributed by atoms with van der Waals surface area (Å²) in [7, 11) is 1.37. The second-order valence-electron chi connectivity index (χ2n) is 3.19. The van der Waals surface area contributed by atoms with Gasteiger partial charge in [-0.3, -0.25) is 0 Å². The third-order valence-electron chi connectivity index (χ3n) is 2.45. The van der Waals surface area contributed by atoms with Crippen LogP contribution in [0.2, 0.25) is 0 Å². The Bertz CT molecular complexity index is 184. The van der Waals surface area contributed by atoms with Crippen LogP contribution >= 0.6 is 11.6 Å². The molecule has 1 rings (SSSR count). The monoisotopic (exact) mass is 206 g/mol. The SMILES string of the molecule is CCC1C(Cl)CCOC1C(=O)OC. The minimum Gasteiger partial charge on any atom is -0.467 e. The third-order valence-corrected chi connectivity index (χ3v) is 2.99. The van der Waals surface area contributed by atoms with Gasteiger partial charge in [0.2, 0.25) is 0 Å². The van der Waals surface area contributed by atoms with Gasteiger partial charge in [0.05, 0.1) is 7.11 Å². The molecule has 0 radical (unpaired) electrons. The van der Waals surface area contributed by atoms with Gasteiger partial charge in [-0.2, -0.15) is 0 Å². The minimum absolute atomic E-state index is 0.0304. The normalized spacial score (nSPS) is 34.2. The largest absolute Gasteiger partial charge is 0.467 e. The van der Waals surface area contributed by atoms with E-state index in [2.05, 4.69) is 4.74 Å². The van der Waals surface area contributed by atoms with Crippen molar-refractivity contribution < 1.29 is 14.3 Å². The van der Waals surface area contributed by atoms with Gasteiger partial charge in [-0.15, -0.1) is 11.6 Å². The molecule has 0 aromatic heterocycles. The Hall–Kier alpha value is -0.280. The second kappa shape index (κ2) is 4.82. The first-order valence-electron chi connectivity index (χ1n) is 4.54. The molecule has 1 saturated heterocycles. The fourth-order valence-electron chi connectivity index (χ4n) is 1.66. The van der Waals surface area contributed by atoms with E-state index in [0.29, 0.717) is 6.61 Å². The van der Waals surface area contributed by atoms with E-state index in [-0.39, 0.29) is 17.3 Å². The van der Waals surface area contributed by atoms with Crippen LogP contribution in [-0.4, -0.2) is 31.2 Å². The van der Waals surface area contributed by atoms with Crippen LogP contribution in [0.5, 0.6) is 0 Å². The van der Waals surface area contributed by atoms with E-state index in [4.69, 9.17) is 16.3 Å². The van der Waals surface area contributed by atoms with Gasteiger partial charge in [0, 0.05) is 17.9 Å². The highest BCUT2D eigenvalue weighted by Gasteiger charge is 2.37. The van der Waals surface area contributed by atoms with E-state index in [1.165, 1.54) is 7.11 Å². The lowest BCUT2D eigenvalue weighted by Crippen LogP contribution is -2.42. The standard InChI is InChI=1S/C9H15ClO3/c1-3-6-7(10)4-5-13-8(6)9(11)12-2/h6-8H,3-5H2,1-2H3. The van der Waals surface area contributed by atoms with E-state index < -0.39 is 6.10 Å². The van der Waals surface area contributed by atoms with Crippen LogP contribution in [0.4, 0.5) is 0 Å². The summed E-state index contributed by atoms with van der Waals surface area (Å²) in [6, 6.07) is 0. The Morgan fingerprint density at radius 3 is 2.92 bits per heavy atom. The molecule has 0 aliphatic carbocycles. The fraction of sp³-hybridized carbons (Fsp3) is 0.889. The van der Waals surface area contributed by atoms with Gasteiger partial charge in [0.25, 0.3) is 0 Å². The topological polar surface area (TPSA) is 35.5 Å². The number of carbonyl (C=O) groups is 1. The lowest BCUT2D eigenvalue weighted by molar-refractivity contribution is -0.161. The molecule has 3 nitrogen and oxygen atoms in total. The molecule has 0 saturated carbocycles. The third kappa shape index (κ3) is 2.35.